The van der Waals surface area contributed by atoms with E-state index < -0.39 is 0 Å². The molecule has 0 radical (unpaired) electrons. The van der Waals surface area contributed by atoms with Gasteiger partial charge in [0.1, 0.15) is 5.75 Å². The Kier molecular flexibility index (Phi) is 6.17. The van der Waals surface area contributed by atoms with Gasteiger partial charge in [-0.1, -0.05) is 42.5 Å². The van der Waals surface area contributed by atoms with Gasteiger partial charge in [-0.25, -0.2) is 4.68 Å². The molecule has 7 nitrogen and oxygen atoms in total. The van der Waals surface area contributed by atoms with Gasteiger partial charge < -0.3 is 9.64 Å². The molecular formula is C22H28N6O. The van der Waals surface area contributed by atoms with Crippen molar-refractivity contribution in [1.29, 1.82) is 0 Å². The minimum Gasteiger partial charge on any atom is -0.494 e. The zero-order valence-corrected chi connectivity index (χ0v) is 17.1. The Morgan fingerprint density at radius 3 is 2.38 bits per heavy atom. The van der Waals surface area contributed by atoms with E-state index in [2.05, 4.69) is 56.6 Å². The second-order valence-electron chi connectivity index (χ2n) is 7.42. The smallest absolute Gasteiger partial charge is 0.173 e. The third-order valence-electron chi connectivity index (χ3n) is 5.39. The molecule has 1 aliphatic heterocycles. The molecule has 1 aliphatic rings. The first-order valence-corrected chi connectivity index (χ1v) is 10.2. The lowest BCUT2D eigenvalue weighted by molar-refractivity contribution is 0.121. The Bertz CT molecular complexity index is 887. The van der Waals surface area contributed by atoms with Gasteiger partial charge in [-0.05, 0) is 47.7 Å². The van der Waals surface area contributed by atoms with Crippen LogP contribution in [-0.4, -0.2) is 69.8 Å². The number of rotatable bonds is 7. The molecule has 1 saturated heterocycles. The van der Waals surface area contributed by atoms with E-state index in [4.69, 9.17) is 4.74 Å². The van der Waals surface area contributed by atoms with Gasteiger partial charge in [-0.2, -0.15) is 0 Å². The van der Waals surface area contributed by atoms with Gasteiger partial charge >= 0.3 is 0 Å². The molecule has 0 spiro atoms. The van der Waals surface area contributed by atoms with Crippen LogP contribution in [0.3, 0.4) is 0 Å². The van der Waals surface area contributed by atoms with E-state index in [1.165, 1.54) is 11.1 Å². The number of piperazine rings is 1. The van der Waals surface area contributed by atoms with Crippen LogP contribution in [0.2, 0.25) is 0 Å². The van der Waals surface area contributed by atoms with Crippen LogP contribution in [-0.2, 0) is 6.54 Å². The third-order valence-corrected chi connectivity index (χ3v) is 5.39. The van der Waals surface area contributed by atoms with Gasteiger partial charge in [0.2, 0.25) is 0 Å². The summed E-state index contributed by atoms with van der Waals surface area (Å²) < 4.78 is 7.55. The standard InChI is InChI=1S/C22H28N6O/c1-3-29-20-11-9-19(10-12-20)21(27-15-13-26(2)14-16-27)22-23-24-25-28(22)17-18-7-5-4-6-8-18/h4-12,21H,3,13-17H2,1-2H3. The largest absolute Gasteiger partial charge is 0.494 e. The minimum absolute atomic E-state index is 0.0121. The fraction of sp³-hybridized carbons (Fsp3) is 0.409. The molecule has 1 fully saturated rings. The molecule has 0 saturated carbocycles. The molecule has 2 heterocycles. The summed E-state index contributed by atoms with van der Waals surface area (Å²) in [6.45, 7) is 7.35. The number of ether oxygens (including phenoxy) is 1. The quantitative estimate of drug-likeness (QED) is 0.616. The molecule has 1 atom stereocenters. The molecule has 4 rings (SSSR count). The molecule has 1 aromatic heterocycles. The fourth-order valence-corrected chi connectivity index (χ4v) is 3.79. The van der Waals surface area contributed by atoms with Gasteiger partial charge in [0.15, 0.2) is 5.82 Å². The molecule has 0 amide bonds. The highest BCUT2D eigenvalue weighted by atomic mass is 16.5. The summed E-state index contributed by atoms with van der Waals surface area (Å²) in [4.78, 5) is 4.83. The molecular weight excluding hydrogens is 364 g/mol. The first-order chi connectivity index (χ1) is 14.2. The van der Waals surface area contributed by atoms with Crippen molar-refractivity contribution in [1.82, 2.24) is 30.0 Å². The molecule has 0 aliphatic carbocycles. The average Bonchev–Trinajstić information content (AvgIpc) is 3.19. The number of likely N-dealkylation sites (N-methyl/N-ethyl adjacent to an activating group) is 1. The molecule has 152 valence electrons. The van der Waals surface area contributed by atoms with E-state index in [-0.39, 0.29) is 6.04 Å². The van der Waals surface area contributed by atoms with Gasteiger partial charge in [-0.15, -0.1) is 5.10 Å². The predicted molar refractivity (Wildman–Crippen MR) is 112 cm³/mol. The lowest BCUT2D eigenvalue weighted by Crippen LogP contribution is -2.46. The Morgan fingerprint density at radius 2 is 1.69 bits per heavy atom. The fourth-order valence-electron chi connectivity index (χ4n) is 3.79. The molecule has 2 aromatic carbocycles. The van der Waals surface area contributed by atoms with Crippen molar-refractivity contribution in [3.8, 4) is 5.75 Å². The van der Waals surface area contributed by atoms with Crippen molar-refractivity contribution in [2.75, 3.05) is 39.8 Å². The van der Waals surface area contributed by atoms with Crippen LogP contribution in [0, 0.1) is 0 Å². The topological polar surface area (TPSA) is 59.3 Å². The summed E-state index contributed by atoms with van der Waals surface area (Å²) in [5.41, 5.74) is 2.37. The zero-order chi connectivity index (χ0) is 20.1. The maximum absolute atomic E-state index is 5.63. The maximum atomic E-state index is 5.63. The molecule has 7 heteroatoms. The SMILES string of the molecule is CCOc1ccc(C(c2nnnn2Cc2ccccc2)N2CCN(C)CC2)cc1. The molecule has 0 bridgehead atoms. The van der Waals surface area contributed by atoms with Crippen LogP contribution >= 0.6 is 0 Å². The first kappa shape index (κ1) is 19.5. The Hall–Kier alpha value is -2.77. The van der Waals surface area contributed by atoms with Crippen molar-refractivity contribution >= 4 is 0 Å². The lowest BCUT2D eigenvalue weighted by Gasteiger charge is -2.37. The second kappa shape index (κ2) is 9.15. The molecule has 0 N–H and O–H groups in total. The summed E-state index contributed by atoms with van der Waals surface area (Å²) >= 11 is 0. The predicted octanol–water partition coefficient (Wildman–Crippen LogP) is 2.46. The van der Waals surface area contributed by atoms with Crippen molar-refractivity contribution < 1.29 is 4.74 Å². The van der Waals surface area contributed by atoms with Gasteiger partial charge in [0.05, 0.1) is 19.2 Å². The lowest BCUT2D eigenvalue weighted by atomic mass is 10.0. The van der Waals surface area contributed by atoms with Crippen LogP contribution in [0.4, 0.5) is 0 Å². The van der Waals surface area contributed by atoms with Gasteiger partial charge in [-0.3, -0.25) is 4.90 Å². The van der Waals surface area contributed by atoms with Crippen molar-refractivity contribution in [2.45, 2.75) is 19.5 Å². The summed E-state index contributed by atoms with van der Waals surface area (Å²) in [6.07, 6.45) is 0. The highest BCUT2D eigenvalue weighted by Crippen LogP contribution is 2.29. The van der Waals surface area contributed by atoms with E-state index in [9.17, 15) is 0 Å². The number of aromatic nitrogens is 4. The van der Waals surface area contributed by atoms with Gasteiger partial charge in [0, 0.05) is 26.2 Å². The van der Waals surface area contributed by atoms with E-state index in [1.54, 1.807) is 0 Å². The number of tetrazole rings is 1. The van der Waals surface area contributed by atoms with Crippen molar-refractivity contribution in [3.63, 3.8) is 0 Å². The molecule has 29 heavy (non-hydrogen) atoms. The van der Waals surface area contributed by atoms with E-state index in [1.807, 2.05) is 41.9 Å². The van der Waals surface area contributed by atoms with Crippen molar-refractivity contribution in [3.05, 3.63) is 71.5 Å². The average molecular weight is 393 g/mol. The summed E-state index contributed by atoms with van der Waals surface area (Å²) in [7, 11) is 2.17. The van der Waals surface area contributed by atoms with E-state index in [0.717, 1.165) is 37.8 Å². The number of hydrogen-bond donors (Lipinski definition) is 0. The van der Waals surface area contributed by atoms with Crippen LogP contribution in [0.5, 0.6) is 5.75 Å². The van der Waals surface area contributed by atoms with Crippen LogP contribution < -0.4 is 4.74 Å². The highest BCUT2D eigenvalue weighted by molar-refractivity contribution is 5.32. The summed E-state index contributed by atoms with van der Waals surface area (Å²) in [5, 5.41) is 12.8. The van der Waals surface area contributed by atoms with Crippen molar-refractivity contribution in [2.24, 2.45) is 0 Å². The first-order valence-electron chi connectivity index (χ1n) is 10.2. The van der Waals surface area contributed by atoms with Crippen LogP contribution in [0.1, 0.15) is 29.9 Å². The normalized spacial score (nSPS) is 16.6. The third kappa shape index (κ3) is 4.63. The summed E-state index contributed by atoms with van der Waals surface area (Å²) in [6, 6.07) is 18.7. The summed E-state index contributed by atoms with van der Waals surface area (Å²) in [5.74, 6) is 1.76. The highest BCUT2D eigenvalue weighted by Gasteiger charge is 2.30. The maximum Gasteiger partial charge on any atom is 0.173 e. The zero-order valence-electron chi connectivity index (χ0n) is 17.1. The Morgan fingerprint density at radius 1 is 0.966 bits per heavy atom. The van der Waals surface area contributed by atoms with Crippen LogP contribution in [0.25, 0.3) is 0 Å². The monoisotopic (exact) mass is 392 g/mol. The van der Waals surface area contributed by atoms with Gasteiger partial charge in [0.25, 0.3) is 0 Å². The van der Waals surface area contributed by atoms with E-state index in [0.29, 0.717) is 13.2 Å². The Labute approximate surface area is 171 Å². The number of hydrogen-bond acceptors (Lipinski definition) is 6. The van der Waals surface area contributed by atoms with E-state index >= 15 is 0 Å². The minimum atomic E-state index is 0.0121. The number of benzene rings is 2. The number of nitrogens with zero attached hydrogens (tertiary/aromatic N) is 6. The van der Waals surface area contributed by atoms with Crippen LogP contribution in [0.15, 0.2) is 54.6 Å². The molecule has 3 aromatic rings. The second-order valence-corrected chi connectivity index (χ2v) is 7.42. The molecule has 1 unspecified atom stereocenters. The Balaban J connectivity index is 1.66.